The smallest absolute Gasteiger partial charge is 0.150 e. The molecule has 2 aromatic carbocycles. The molecule has 4 heteroatoms. The van der Waals surface area contributed by atoms with Gasteiger partial charge in [0.25, 0.3) is 0 Å². The molecule has 1 nitrogen and oxygen atoms in total. The monoisotopic (exact) mass is 343 g/mol. The van der Waals surface area contributed by atoms with Crippen molar-refractivity contribution < 1.29 is 13.2 Å². The molecule has 4 rings (SSSR count). The van der Waals surface area contributed by atoms with Gasteiger partial charge in [-0.25, -0.2) is 13.2 Å². The first-order valence-corrected chi connectivity index (χ1v) is 8.77. The molecule has 0 bridgehead atoms. The third-order valence-corrected chi connectivity index (χ3v) is 5.34. The highest BCUT2D eigenvalue weighted by atomic mass is 19.1. The van der Waals surface area contributed by atoms with Crippen LogP contribution in [0, 0.1) is 29.3 Å². The van der Waals surface area contributed by atoms with E-state index in [-0.39, 0.29) is 5.82 Å². The zero-order chi connectivity index (χ0) is 17.6. The number of aromatic amines is 1. The van der Waals surface area contributed by atoms with Gasteiger partial charge in [-0.2, -0.15) is 0 Å². The first kappa shape index (κ1) is 16.2. The second-order valence-electron chi connectivity index (χ2n) is 7.28. The molecule has 0 aliphatic heterocycles. The molecule has 25 heavy (non-hydrogen) atoms. The fraction of sp³-hybridized carbons (Fsp3) is 0.333. The molecule has 1 N–H and O–H groups in total. The van der Waals surface area contributed by atoms with Gasteiger partial charge in [0.15, 0.2) is 0 Å². The minimum Gasteiger partial charge on any atom is -0.352 e. The normalized spacial score (nSPS) is 20.0. The van der Waals surface area contributed by atoms with Crippen LogP contribution in [-0.2, 0) is 6.42 Å². The molecular formula is C21H20F3N. The Bertz CT molecular complexity index is 905. The van der Waals surface area contributed by atoms with Gasteiger partial charge in [-0.1, -0.05) is 6.92 Å². The Balaban J connectivity index is 1.78. The van der Waals surface area contributed by atoms with Crippen molar-refractivity contribution in [2.24, 2.45) is 11.8 Å². The lowest BCUT2D eigenvalue weighted by atomic mass is 9.73. The zero-order valence-electron chi connectivity index (χ0n) is 14.1. The summed E-state index contributed by atoms with van der Waals surface area (Å²) in [5.41, 5.74) is 2.78. The van der Waals surface area contributed by atoms with E-state index in [1.807, 2.05) is 0 Å². The highest BCUT2D eigenvalue weighted by Crippen LogP contribution is 2.39. The highest BCUT2D eigenvalue weighted by molar-refractivity contribution is 5.91. The number of rotatable bonds is 4. The molecule has 1 saturated carbocycles. The summed E-state index contributed by atoms with van der Waals surface area (Å²) in [6.45, 7) is 2.25. The maximum absolute atomic E-state index is 14.2. The van der Waals surface area contributed by atoms with Crippen LogP contribution < -0.4 is 0 Å². The number of halogens is 3. The molecule has 0 amide bonds. The number of nitrogens with one attached hydrogen (secondary N) is 1. The van der Waals surface area contributed by atoms with E-state index >= 15 is 0 Å². The second-order valence-corrected chi connectivity index (χ2v) is 7.28. The van der Waals surface area contributed by atoms with Crippen molar-refractivity contribution in [1.29, 1.82) is 0 Å². The molecule has 1 heterocycles. The summed E-state index contributed by atoms with van der Waals surface area (Å²) >= 11 is 0. The van der Waals surface area contributed by atoms with E-state index in [0.29, 0.717) is 16.8 Å². The average Bonchev–Trinajstić information content (AvgIpc) is 2.90. The fourth-order valence-electron chi connectivity index (χ4n) is 4.05. The van der Waals surface area contributed by atoms with Crippen molar-refractivity contribution in [1.82, 2.24) is 4.98 Å². The molecule has 0 atom stereocenters. The van der Waals surface area contributed by atoms with Gasteiger partial charge < -0.3 is 4.98 Å². The van der Waals surface area contributed by atoms with Crippen LogP contribution in [0.4, 0.5) is 13.2 Å². The van der Waals surface area contributed by atoms with E-state index in [1.165, 1.54) is 31.0 Å². The van der Waals surface area contributed by atoms with Gasteiger partial charge in [-0.05, 0) is 79.0 Å². The SMILES string of the molecule is CC1CC(CCc2c(-c3ccc(F)cc3)[nH]c3c(F)cc(F)cc23)C1. The Kier molecular flexibility index (Phi) is 4.06. The van der Waals surface area contributed by atoms with Crippen molar-refractivity contribution in [3.8, 4) is 11.3 Å². The van der Waals surface area contributed by atoms with Gasteiger partial charge >= 0.3 is 0 Å². The topological polar surface area (TPSA) is 15.8 Å². The third-order valence-electron chi connectivity index (χ3n) is 5.34. The van der Waals surface area contributed by atoms with Crippen molar-refractivity contribution in [3.63, 3.8) is 0 Å². The highest BCUT2D eigenvalue weighted by Gasteiger charge is 2.26. The Morgan fingerprint density at radius 3 is 2.40 bits per heavy atom. The summed E-state index contributed by atoms with van der Waals surface area (Å²) in [6, 6.07) is 8.39. The van der Waals surface area contributed by atoms with E-state index in [0.717, 1.165) is 41.6 Å². The fourth-order valence-corrected chi connectivity index (χ4v) is 4.05. The number of hydrogen-bond acceptors (Lipinski definition) is 0. The zero-order valence-corrected chi connectivity index (χ0v) is 14.1. The molecular weight excluding hydrogens is 323 g/mol. The predicted molar refractivity (Wildman–Crippen MR) is 93.8 cm³/mol. The summed E-state index contributed by atoms with van der Waals surface area (Å²) in [4.78, 5) is 3.10. The lowest BCUT2D eigenvalue weighted by molar-refractivity contribution is 0.200. The number of hydrogen-bond donors (Lipinski definition) is 1. The van der Waals surface area contributed by atoms with E-state index in [4.69, 9.17) is 0 Å². The predicted octanol–water partition coefficient (Wildman–Crippen LogP) is 6.23. The largest absolute Gasteiger partial charge is 0.352 e. The number of aryl methyl sites for hydroxylation is 1. The van der Waals surface area contributed by atoms with Crippen LogP contribution in [0.25, 0.3) is 22.2 Å². The van der Waals surface area contributed by atoms with Gasteiger partial charge in [0.2, 0.25) is 0 Å². The Morgan fingerprint density at radius 2 is 1.72 bits per heavy atom. The minimum absolute atomic E-state index is 0.317. The standard InChI is InChI=1S/C21H20F3N/c1-12-8-13(9-12)2-7-17-18-10-16(23)11-19(24)21(18)25-20(17)14-3-5-15(22)6-4-14/h3-6,10-13,25H,2,7-9H2,1H3. The lowest BCUT2D eigenvalue weighted by Crippen LogP contribution is -2.21. The van der Waals surface area contributed by atoms with E-state index in [1.54, 1.807) is 12.1 Å². The Hall–Kier alpha value is -2.23. The van der Waals surface area contributed by atoms with E-state index < -0.39 is 11.6 Å². The molecule has 1 fully saturated rings. The van der Waals surface area contributed by atoms with Crippen LogP contribution in [0.5, 0.6) is 0 Å². The molecule has 0 saturated heterocycles. The van der Waals surface area contributed by atoms with Crippen molar-refractivity contribution in [3.05, 3.63) is 59.4 Å². The lowest BCUT2D eigenvalue weighted by Gasteiger charge is -2.32. The molecule has 130 valence electrons. The summed E-state index contributed by atoms with van der Waals surface area (Å²) in [5.74, 6) is -0.0315. The third kappa shape index (κ3) is 3.06. The van der Waals surface area contributed by atoms with Gasteiger partial charge in [0, 0.05) is 17.1 Å². The summed E-state index contributed by atoms with van der Waals surface area (Å²) in [6.07, 6.45) is 4.20. The van der Waals surface area contributed by atoms with Crippen LogP contribution in [0.2, 0.25) is 0 Å². The second kappa shape index (κ2) is 6.25. The number of fused-ring (bicyclic) bond motifs is 1. The minimum atomic E-state index is -0.595. The molecule has 0 unspecified atom stereocenters. The number of aromatic nitrogens is 1. The van der Waals surface area contributed by atoms with Crippen LogP contribution in [0.1, 0.15) is 31.7 Å². The maximum atomic E-state index is 14.2. The Labute approximate surface area is 144 Å². The van der Waals surface area contributed by atoms with Gasteiger partial charge in [0.05, 0.1) is 5.52 Å². The quantitative estimate of drug-likeness (QED) is 0.578. The van der Waals surface area contributed by atoms with Gasteiger partial charge in [-0.3, -0.25) is 0 Å². The first-order chi connectivity index (χ1) is 12.0. The van der Waals surface area contributed by atoms with Gasteiger partial charge in [0.1, 0.15) is 17.5 Å². The maximum Gasteiger partial charge on any atom is 0.150 e. The van der Waals surface area contributed by atoms with Crippen LogP contribution in [0.3, 0.4) is 0 Å². The Morgan fingerprint density at radius 1 is 1.00 bits per heavy atom. The number of H-pyrrole nitrogens is 1. The summed E-state index contributed by atoms with van der Waals surface area (Å²) in [5, 5.41) is 0.587. The summed E-state index contributed by atoms with van der Waals surface area (Å²) in [7, 11) is 0. The molecule has 1 aliphatic rings. The average molecular weight is 343 g/mol. The molecule has 0 radical (unpaired) electrons. The van der Waals surface area contributed by atoms with Crippen molar-refractivity contribution in [2.45, 2.75) is 32.6 Å². The first-order valence-electron chi connectivity index (χ1n) is 8.77. The molecule has 3 aromatic rings. The molecule has 0 spiro atoms. The van der Waals surface area contributed by atoms with Crippen LogP contribution in [-0.4, -0.2) is 4.98 Å². The van der Waals surface area contributed by atoms with Crippen LogP contribution in [0.15, 0.2) is 36.4 Å². The summed E-state index contributed by atoms with van der Waals surface area (Å²) < 4.78 is 41.2. The van der Waals surface area contributed by atoms with Crippen LogP contribution >= 0.6 is 0 Å². The van der Waals surface area contributed by atoms with Crippen molar-refractivity contribution in [2.75, 3.05) is 0 Å². The van der Waals surface area contributed by atoms with Crippen molar-refractivity contribution >= 4 is 10.9 Å². The number of benzene rings is 2. The van der Waals surface area contributed by atoms with E-state index in [2.05, 4.69) is 11.9 Å². The van der Waals surface area contributed by atoms with E-state index in [9.17, 15) is 13.2 Å². The molecule has 1 aliphatic carbocycles. The van der Waals surface area contributed by atoms with Gasteiger partial charge in [-0.15, -0.1) is 0 Å². The molecule has 1 aromatic heterocycles.